The Hall–Kier alpha value is -0.880. The summed E-state index contributed by atoms with van der Waals surface area (Å²) in [6.45, 7) is 14.4. The summed E-state index contributed by atoms with van der Waals surface area (Å²) in [6, 6.07) is 7.57. The summed E-state index contributed by atoms with van der Waals surface area (Å²) >= 11 is 2.19. The fourth-order valence-corrected chi connectivity index (χ4v) is 10.5. The Morgan fingerprint density at radius 2 is 1.77 bits per heavy atom. The van der Waals surface area contributed by atoms with Crippen LogP contribution in [0.25, 0.3) is 0 Å². The number of hydrogen-bond acceptors (Lipinski definition) is 3. The zero-order valence-corrected chi connectivity index (χ0v) is 28.0. The van der Waals surface area contributed by atoms with Crippen molar-refractivity contribution in [2.45, 2.75) is 125 Å². The van der Waals surface area contributed by atoms with Crippen molar-refractivity contribution in [3.63, 3.8) is 0 Å². The monoisotopic (exact) mass is 660 g/mol. The van der Waals surface area contributed by atoms with Crippen LogP contribution in [-0.2, 0) is 9.47 Å². The molecule has 222 valence electrons. The van der Waals surface area contributed by atoms with E-state index in [1.54, 1.807) is 5.57 Å². The SMILES string of the molecule is CC(C)CCC[C@@H](C)[C@H]1CCC2C3CC=C4C[C@@H](OC(C)OC(=O)c5ccccc5I)CC[C@]4(C)C3CC[C@@]21C. The Kier molecular flexibility index (Phi) is 9.47. The van der Waals surface area contributed by atoms with Crippen LogP contribution >= 0.6 is 22.6 Å². The number of benzene rings is 1. The second-order valence-corrected chi connectivity index (χ2v) is 15.9. The lowest BCUT2D eigenvalue weighted by Gasteiger charge is -2.58. The summed E-state index contributed by atoms with van der Waals surface area (Å²) in [5.74, 6) is 4.87. The zero-order chi connectivity index (χ0) is 28.7. The summed E-state index contributed by atoms with van der Waals surface area (Å²) in [4.78, 5) is 12.7. The maximum absolute atomic E-state index is 12.7. The fraction of sp³-hybridized carbons (Fsp3) is 0.750. The molecule has 5 rings (SSSR count). The highest BCUT2D eigenvalue weighted by Crippen LogP contribution is 2.67. The van der Waals surface area contributed by atoms with Gasteiger partial charge in [-0.15, -0.1) is 0 Å². The van der Waals surface area contributed by atoms with E-state index in [2.05, 4.69) is 63.3 Å². The van der Waals surface area contributed by atoms with E-state index in [0.717, 1.165) is 51.9 Å². The van der Waals surface area contributed by atoms with Gasteiger partial charge in [0.25, 0.3) is 0 Å². The van der Waals surface area contributed by atoms with Gasteiger partial charge in [-0.2, -0.15) is 0 Å². The fourth-order valence-electron chi connectivity index (χ4n) is 9.91. The van der Waals surface area contributed by atoms with Crippen molar-refractivity contribution in [2.24, 2.45) is 46.3 Å². The van der Waals surface area contributed by atoms with E-state index in [1.807, 2.05) is 31.2 Å². The van der Waals surface area contributed by atoms with Gasteiger partial charge in [0, 0.05) is 3.57 Å². The van der Waals surface area contributed by atoms with Gasteiger partial charge >= 0.3 is 5.97 Å². The molecule has 0 amide bonds. The minimum absolute atomic E-state index is 0.130. The van der Waals surface area contributed by atoms with E-state index >= 15 is 0 Å². The van der Waals surface area contributed by atoms with Crippen molar-refractivity contribution in [2.75, 3.05) is 0 Å². The van der Waals surface area contributed by atoms with Gasteiger partial charge < -0.3 is 9.47 Å². The third-order valence-corrected chi connectivity index (χ3v) is 13.0. The number of halogens is 1. The van der Waals surface area contributed by atoms with Gasteiger partial charge in [-0.1, -0.05) is 77.7 Å². The molecular weight excluding hydrogens is 607 g/mol. The molecule has 0 saturated heterocycles. The van der Waals surface area contributed by atoms with Crippen molar-refractivity contribution in [1.82, 2.24) is 0 Å². The van der Waals surface area contributed by atoms with Gasteiger partial charge in [-0.25, -0.2) is 4.79 Å². The van der Waals surface area contributed by atoms with Crippen LogP contribution in [0.5, 0.6) is 0 Å². The molecule has 0 N–H and O–H groups in total. The molecule has 4 heteroatoms. The van der Waals surface area contributed by atoms with Crippen LogP contribution in [0.3, 0.4) is 0 Å². The highest BCUT2D eigenvalue weighted by molar-refractivity contribution is 14.1. The van der Waals surface area contributed by atoms with Crippen molar-refractivity contribution in [3.8, 4) is 0 Å². The molecule has 0 radical (unpaired) electrons. The number of carbonyl (C=O) groups is 1. The summed E-state index contributed by atoms with van der Waals surface area (Å²) in [5.41, 5.74) is 3.09. The molecule has 40 heavy (non-hydrogen) atoms. The predicted molar refractivity (Wildman–Crippen MR) is 172 cm³/mol. The lowest BCUT2D eigenvalue weighted by molar-refractivity contribution is -0.143. The maximum atomic E-state index is 12.7. The smallest absolute Gasteiger partial charge is 0.341 e. The first-order valence-corrected chi connectivity index (χ1v) is 17.4. The number of allylic oxidation sites excluding steroid dienone is 1. The number of fused-ring (bicyclic) bond motifs is 5. The summed E-state index contributed by atoms with van der Waals surface area (Å²) in [7, 11) is 0. The lowest BCUT2D eigenvalue weighted by atomic mass is 9.47. The third kappa shape index (κ3) is 5.96. The minimum atomic E-state index is -0.539. The van der Waals surface area contributed by atoms with Crippen molar-refractivity contribution in [3.05, 3.63) is 45.0 Å². The van der Waals surface area contributed by atoms with Crippen LogP contribution in [-0.4, -0.2) is 18.4 Å². The predicted octanol–water partition coefficient (Wildman–Crippen LogP) is 10.2. The molecule has 4 unspecified atom stereocenters. The molecule has 4 aliphatic carbocycles. The molecule has 3 nitrogen and oxygen atoms in total. The minimum Gasteiger partial charge on any atom is -0.432 e. The molecular formula is C36H53IO3. The second-order valence-electron chi connectivity index (χ2n) is 14.7. The quantitative estimate of drug-likeness (QED) is 0.114. The van der Waals surface area contributed by atoms with E-state index in [4.69, 9.17) is 9.47 Å². The molecule has 9 atom stereocenters. The Morgan fingerprint density at radius 1 is 1.00 bits per heavy atom. The van der Waals surface area contributed by atoms with Crippen LogP contribution in [0, 0.1) is 49.9 Å². The molecule has 3 saturated carbocycles. The zero-order valence-electron chi connectivity index (χ0n) is 25.9. The van der Waals surface area contributed by atoms with E-state index in [-0.39, 0.29) is 12.1 Å². The molecule has 3 fully saturated rings. The van der Waals surface area contributed by atoms with Crippen LogP contribution in [0.1, 0.15) is 123 Å². The third-order valence-electron chi connectivity index (χ3n) is 12.0. The van der Waals surface area contributed by atoms with Gasteiger partial charge in [0.15, 0.2) is 0 Å². The summed E-state index contributed by atoms with van der Waals surface area (Å²) in [5, 5.41) is 0. The normalized spacial score (nSPS) is 36.7. The number of rotatable bonds is 9. The second kappa shape index (κ2) is 12.4. The van der Waals surface area contributed by atoms with Crippen LogP contribution in [0.15, 0.2) is 35.9 Å². The average molecular weight is 661 g/mol. The summed E-state index contributed by atoms with van der Waals surface area (Å²) < 4.78 is 13.0. The Bertz CT molecular complexity index is 1080. The Balaban J connectivity index is 1.20. The van der Waals surface area contributed by atoms with Gasteiger partial charge in [0.05, 0.1) is 11.7 Å². The number of hydrogen-bond donors (Lipinski definition) is 0. The molecule has 0 bridgehead atoms. The first-order chi connectivity index (χ1) is 19.0. The molecule has 0 aromatic heterocycles. The highest BCUT2D eigenvalue weighted by Gasteiger charge is 2.59. The molecule has 1 aromatic rings. The number of carbonyl (C=O) groups excluding carboxylic acids is 1. The van der Waals surface area contributed by atoms with E-state index in [1.165, 1.54) is 57.8 Å². The molecule has 0 heterocycles. The lowest BCUT2D eigenvalue weighted by Crippen LogP contribution is -2.51. The van der Waals surface area contributed by atoms with E-state index in [9.17, 15) is 4.79 Å². The van der Waals surface area contributed by atoms with E-state index < -0.39 is 6.29 Å². The highest BCUT2D eigenvalue weighted by atomic mass is 127. The first-order valence-electron chi connectivity index (χ1n) is 16.3. The van der Waals surface area contributed by atoms with Gasteiger partial charge in [0.1, 0.15) is 0 Å². The Morgan fingerprint density at radius 3 is 2.52 bits per heavy atom. The summed E-state index contributed by atoms with van der Waals surface area (Å²) in [6.07, 6.45) is 16.6. The van der Waals surface area contributed by atoms with Crippen molar-refractivity contribution in [1.29, 1.82) is 0 Å². The van der Waals surface area contributed by atoms with Crippen LogP contribution in [0.4, 0.5) is 0 Å². The van der Waals surface area contributed by atoms with Crippen molar-refractivity contribution >= 4 is 28.6 Å². The van der Waals surface area contributed by atoms with Gasteiger partial charge in [-0.3, -0.25) is 0 Å². The number of ether oxygens (including phenoxy) is 2. The number of esters is 1. The average Bonchev–Trinajstić information content (AvgIpc) is 3.26. The Labute approximate surface area is 257 Å². The molecule has 0 spiro atoms. The standard InChI is InChI=1S/C36H53IO3/c1-23(2)10-9-11-24(3)30-16-17-31-28-15-14-26-22-27(18-20-35(26,5)32(28)19-21-36(30,31)6)39-25(4)40-34(38)29-12-7-8-13-33(29)37/h7-8,12-14,23-25,27-28,30-32H,9-11,15-22H2,1-6H3/t24-,25?,27+,28?,30-,31?,32?,35+,36-/m1/s1. The largest absolute Gasteiger partial charge is 0.432 e. The maximum Gasteiger partial charge on any atom is 0.341 e. The molecule has 1 aromatic carbocycles. The van der Waals surface area contributed by atoms with E-state index in [0.29, 0.717) is 16.4 Å². The van der Waals surface area contributed by atoms with Gasteiger partial charge in [-0.05, 0) is 139 Å². The van der Waals surface area contributed by atoms with Crippen LogP contribution < -0.4 is 0 Å². The van der Waals surface area contributed by atoms with Crippen molar-refractivity contribution < 1.29 is 14.3 Å². The molecule has 4 aliphatic rings. The van der Waals surface area contributed by atoms with Gasteiger partial charge in [0.2, 0.25) is 6.29 Å². The topological polar surface area (TPSA) is 35.5 Å². The first kappa shape index (κ1) is 30.6. The van der Waals surface area contributed by atoms with Crippen LogP contribution in [0.2, 0.25) is 0 Å². The molecule has 0 aliphatic heterocycles.